The van der Waals surface area contributed by atoms with E-state index in [4.69, 9.17) is 4.74 Å². The molecule has 2 heterocycles. The molecule has 0 saturated carbocycles. The van der Waals surface area contributed by atoms with E-state index in [0.29, 0.717) is 6.07 Å². The molecule has 0 saturated heterocycles. The zero-order valence-electron chi connectivity index (χ0n) is 19.6. The van der Waals surface area contributed by atoms with E-state index in [2.05, 4.69) is 15.2 Å². The molecule has 2 atom stereocenters. The second kappa shape index (κ2) is 10.3. The molecule has 1 N–H and O–H groups in total. The Morgan fingerprint density at radius 3 is 2.37 bits per heavy atom. The monoisotopic (exact) mass is 542 g/mol. The maximum Gasteiger partial charge on any atom is 0.350 e. The first-order valence-corrected chi connectivity index (χ1v) is 11.0. The van der Waals surface area contributed by atoms with E-state index in [-0.39, 0.29) is 23.5 Å². The zero-order chi connectivity index (χ0) is 27.7. The van der Waals surface area contributed by atoms with Crippen LogP contribution in [0.4, 0.5) is 26.3 Å². The summed E-state index contributed by atoms with van der Waals surface area (Å²) in [6, 6.07) is 6.37. The van der Waals surface area contributed by atoms with E-state index in [1.807, 2.05) is 0 Å². The number of rotatable bonds is 10. The molecule has 0 unspecified atom stereocenters. The average molecular weight is 542 g/mol. The van der Waals surface area contributed by atoms with Crippen molar-refractivity contribution in [2.24, 2.45) is 0 Å². The summed E-state index contributed by atoms with van der Waals surface area (Å²) in [5.41, 5.74) is -3.03. The molecule has 38 heavy (non-hydrogen) atoms. The topological polar surface area (TPSA) is 100.0 Å². The van der Waals surface area contributed by atoms with Crippen molar-refractivity contribution >= 4 is 0 Å². The molecule has 0 aliphatic rings. The minimum atomic E-state index is -4.33. The van der Waals surface area contributed by atoms with Crippen LogP contribution >= 0.6 is 0 Å². The molecule has 0 spiro atoms. The van der Waals surface area contributed by atoms with Crippen molar-refractivity contribution in [2.75, 3.05) is 6.61 Å². The van der Waals surface area contributed by atoms with Gasteiger partial charge in [0.1, 0.15) is 42.0 Å². The maximum absolute atomic E-state index is 14.8. The van der Waals surface area contributed by atoms with Gasteiger partial charge in [0.05, 0.1) is 18.3 Å². The Morgan fingerprint density at radius 2 is 1.76 bits per heavy atom. The van der Waals surface area contributed by atoms with Crippen LogP contribution in [0.25, 0.3) is 5.69 Å². The number of hydrogen-bond donors (Lipinski definition) is 1. The van der Waals surface area contributed by atoms with Gasteiger partial charge >= 0.3 is 18.0 Å². The van der Waals surface area contributed by atoms with Crippen LogP contribution in [-0.2, 0) is 12.1 Å². The van der Waals surface area contributed by atoms with Gasteiger partial charge in [-0.05, 0) is 37.3 Å². The Morgan fingerprint density at radius 1 is 1.05 bits per heavy atom. The number of benzene rings is 2. The highest BCUT2D eigenvalue weighted by atomic mass is 19.3. The first-order chi connectivity index (χ1) is 17.9. The molecular formula is C23H20F6N6O3. The van der Waals surface area contributed by atoms with E-state index in [0.717, 1.165) is 27.7 Å². The molecule has 0 bridgehead atoms. The molecule has 2 aromatic carbocycles. The van der Waals surface area contributed by atoms with Crippen LogP contribution in [0.5, 0.6) is 5.75 Å². The summed E-state index contributed by atoms with van der Waals surface area (Å²) in [4.78, 5) is 17.0. The molecule has 4 rings (SSSR count). The van der Waals surface area contributed by atoms with Crippen molar-refractivity contribution in [3.8, 4) is 11.4 Å². The van der Waals surface area contributed by atoms with Gasteiger partial charge in [-0.15, -0.1) is 0 Å². The molecule has 0 amide bonds. The van der Waals surface area contributed by atoms with Gasteiger partial charge in [-0.3, -0.25) is 0 Å². The Hall–Kier alpha value is -4.14. The summed E-state index contributed by atoms with van der Waals surface area (Å²) in [5, 5.41) is 19.6. The van der Waals surface area contributed by atoms with E-state index >= 15 is 0 Å². The van der Waals surface area contributed by atoms with Gasteiger partial charge in [0.2, 0.25) is 0 Å². The molecule has 2 aromatic heterocycles. The highest BCUT2D eigenvalue weighted by Gasteiger charge is 2.42. The number of aliphatic hydroxyl groups is 1. The van der Waals surface area contributed by atoms with E-state index in [1.54, 1.807) is 0 Å². The molecule has 4 aromatic rings. The number of alkyl halides is 4. The van der Waals surface area contributed by atoms with Crippen LogP contribution in [0.15, 0.2) is 66.2 Å². The van der Waals surface area contributed by atoms with Crippen LogP contribution in [-0.4, -0.2) is 53.2 Å². The first-order valence-electron chi connectivity index (χ1n) is 11.0. The lowest BCUT2D eigenvalue weighted by atomic mass is 9.86. The third-order valence-corrected chi connectivity index (χ3v) is 5.88. The van der Waals surface area contributed by atoms with Crippen molar-refractivity contribution in [2.45, 2.75) is 37.5 Å². The fraction of sp³-hybridized carbons (Fsp3) is 0.304. The fourth-order valence-electron chi connectivity index (χ4n) is 3.75. The second-order valence-corrected chi connectivity index (χ2v) is 8.39. The summed E-state index contributed by atoms with van der Waals surface area (Å²) in [5.74, 6) is -6.40. The van der Waals surface area contributed by atoms with Crippen molar-refractivity contribution in [3.05, 3.63) is 89.1 Å². The van der Waals surface area contributed by atoms with Crippen LogP contribution in [0.2, 0.25) is 0 Å². The molecule has 0 fully saturated rings. The third-order valence-electron chi connectivity index (χ3n) is 5.88. The van der Waals surface area contributed by atoms with Gasteiger partial charge in [0.15, 0.2) is 6.61 Å². The van der Waals surface area contributed by atoms with E-state index in [1.165, 1.54) is 48.5 Å². The van der Waals surface area contributed by atoms with Gasteiger partial charge in [-0.2, -0.15) is 19.0 Å². The second-order valence-electron chi connectivity index (χ2n) is 8.39. The summed E-state index contributed by atoms with van der Waals surface area (Å²) >= 11 is 0. The zero-order valence-corrected chi connectivity index (χ0v) is 19.6. The lowest BCUT2D eigenvalue weighted by molar-refractivity contribution is -0.148. The van der Waals surface area contributed by atoms with Gasteiger partial charge in [0.25, 0.3) is 0 Å². The molecule has 15 heteroatoms. The van der Waals surface area contributed by atoms with Crippen LogP contribution in [0.1, 0.15) is 18.5 Å². The van der Waals surface area contributed by atoms with Gasteiger partial charge < -0.3 is 9.84 Å². The Bertz CT molecular complexity index is 1440. The highest BCUT2D eigenvalue weighted by Crippen LogP contribution is 2.36. The SMILES string of the molecule is C[C@@H](n1ncn(-c2ccc(OCC(F)(F)C(F)F)cc2)c1=O)[C@@](O)(Cn1cncn1)c1ccc(F)cc1F. The smallest absolute Gasteiger partial charge is 0.350 e. The van der Waals surface area contributed by atoms with E-state index < -0.39 is 47.9 Å². The number of aromatic nitrogens is 6. The van der Waals surface area contributed by atoms with E-state index in [9.17, 15) is 36.2 Å². The lowest BCUT2D eigenvalue weighted by Crippen LogP contribution is -2.44. The Labute approximate surface area is 210 Å². The largest absolute Gasteiger partial charge is 0.487 e. The molecule has 0 aliphatic carbocycles. The maximum atomic E-state index is 14.8. The standard InChI is InChI=1S/C23H20F6N6O3/c1-14(22(37,9-33-12-30-11-31-33)18-7-2-15(24)8-19(18)25)35-21(36)34(13-32-35)16-3-5-17(6-4-16)38-10-23(28,29)20(26)27/h2-8,11-14,20,37H,9-10H2,1H3/t14-,22+/m1/s1. The van der Waals surface area contributed by atoms with Gasteiger partial charge in [-0.25, -0.2) is 41.3 Å². The summed E-state index contributed by atoms with van der Waals surface area (Å²) in [7, 11) is 0. The van der Waals surface area contributed by atoms with Gasteiger partial charge in [-0.1, -0.05) is 6.07 Å². The normalized spacial score (nSPS) is 14.4. The van der Waals surface area contributed by atoms with Gasteiger partial charge in [0, 0.05) is 11.6 Å². The Kier molecular flexibility index (Phi) is 7.31. The highest BCUT2D eigenvalue weighted by molar-refractivity contribution is 5.37. The minimum absolute atomic E-state index is 0.142. The number of ether oxygens (including phenoxy) is 1. The van der Waals surface area contributed by atoms with Crippen molar-refractivity contribution in [1.82, 2.24) is 29.1 Å². The number of halogens is 6. The lowest BCUT2D eigenvalue weighted by Gasteiger charge is -2.34. The first kappa shape index (κ1) is 26.9. The summed E-state index contributed by atoms with van der Waals surface area (Å²) < 4.78 is 87.0. The molecule has 0 radical (unpaired) electrons. The molecule has 202 valence electrons. The summed E-state index contributed by atoms with van der Waals surface area (Å²) in [6.45, 7) is -0.506. The van der Waals surface area contributed by atoms with Crippen molar-refractivity contribution < 1.29 is 36.2 Å². The molecular weight excluding hydrogens is 522 g/mol. The molecule has 9 nitrogen and oxygen atoms in total. The predicted octanol–water partition coefficient (Wildman–Crippen LogP) is 3.33. The van der Waals surface area contributed by atoms with Crippen molar-refractivity contribution in [1.29, 1.82) is 0 Å². The number of hydrogen-bond acceptors (Lipinski definition) is 6. The quantitative estimate of drug-likeness (QED) is 0.309. The van der Waals surface area contributed by atoms with Crippen LogP contribution < -0.4 is 10.4 Å². The minimum Gasteiger partial charge on any atom is -0.487 e. The van der Waals surface area contributed by atoms with Crippen molar-refractivity contribution in [3.63, 3.8) is 0 Å². The average Bonchev–Trinajstić information content (AvgIpc) is 3.52. The Balaban J connectivity index is 1.64. The van der Waals surface area contributed by atoms with Crippen LogP contribution in [0, 0.1) is 11.6 Å². The number of nitrogens with zero attached hydrogens (tertiary/aromatic N) is 6. The fourth-order valence-corrected chi connectivity index (χ4v) is 3.75. The predicted molar refractivity (Wildman–Crippen MR) is 119 cm³/mol. The third kappa shape index (κ3) is 5.27. The summed E-state index contributed by atoms with van der Waals surface area (Å²) in [6.07, 6.45) is -0.327. The molecule has 0 aliphatic heterocycles. The van der Waals surface area contributed by atoms with Crippen LogP contribution in [0.3, 0.4) is 0 Å².